The molecule has 5 rings (SSSR count). The van der Waals surface area contributed by atoms with Crippen molar-refractivity contribution < 1.29 is 5.11 Å². The van der Waals surface area contributed by atoms with Crippen LogP contribution in [0.15, 0.2) is 29.5 Å². The van der Waals surface area contributed by atoms with Gasteiger partial charge in [-0.2, -0.15) is 0 Å². The fourth-order valence-electron chi connectivity index (χ4n) is 10.5. The Morgan fingerprint density at radius 2 is 1.69 bits per heavy atom. The van der Waals surface area contributed by atoms with Crippen LogP contribution in [-0.4, -0.2) is 21.2 Å². The first-order valence-electron chi connectivity index (χ1n) is 14.6. The van der Waals surface area contributed by atoms with Gasteiger partial charge in [-0.05, 0) is 118 Å². The van der Waals surface area contributed by atoms with Crippen molar-refractivity contribution in [2.75, 3.05) is 0 Å². The van der Waals surface area contributed by atoms with Gasteiger partial charge in [0.2, 0.25) is 0 Å². The van der Waals surface area contributed by atoms with E-state index in [1.165, 1.54) is 48.1 Å². The molecular formula is C33H50N2O. The minimum absolute atomic E-state index is 0.0303. The van der Waals surface area contributed by atoms with Crippen LogP contribution < -0.4 is 0 Å². The van der Waals surface area contributed by atoms with Crippen LogP contribution in [-0.2, 0) is 11.8 Å². The SMILES string of the molecule is CC(C)=CC/C=C(\C)[C@H]1CC[C@]2(C)[C@@H]1[C@H](O)C[C@@H]1[C@@]3(C)Cc4cnc(C)nc4C(C)(C)[C@@H]3CC[C@]12C. The zero-order chi connectivity index (χ0) is 26.3. The minimum atomic E-state index is -0.221. The van der Waals surface area contributed by atoms with Crippen LogP contribution >= 0.6 is 0 Å². The van der Waals surface area contributed by atoms with E-state index in [2.05, 4.69) is 78.7 Å². The highest BCUT2D eigenvalue weighted by Crippen LogP contribution is 2.75. The molecule has 1 N–H and O–H groups in total. The number of aryl methyl sites for hydroxylation is 1. The molecule has 198 valence electrons. The second kappa shape index (κ2) is 8.52. The predicted octanol–water partition coefficient (Wildman–Crippen LogP) is 7.76. The summed E-state index contributed by atoms with van der Waals surface area (Å²) in [5, 5.41) is 11.9. The molecule has 3 saturated carbocycles. The van der Waals surface area contributed by atoms with Crippen molar-refractivity contribution in [3.63, 3.8) is 0 Å². The summed E-state index contributed by atoms with van der Waals surface area (Å²) in [5.74, 6) is 2.87. The lowest BCUT2D eigenvalue weighted by Gasteiger charge is -2.69. The van der Waals surface area contributed by atoms with Crippen LogP contribution in [0.2, 0.25) is 0 Å². The monoisotopic (exact) mass is 490 g/mol. The van der Waals surface area contributed by atoms with Crippen molar-refractivity contribution in [3.8, 4) is 0 Å². The van der Waals surface area contributed by atoms with Gasteiger partial charge < -0.3 is 5.11 Å². The summed E-state index contributed by atoms with van der Waals surface area (Å²) < 4.78 is 0. The Labute approximate surface area is 220 Å². The fraction of sp³-hybridized carbons (Fsp3) is 0.758. The van der Waals surface area contributed by atoms with Gasteiger partial charge in [0.25, 0.3) is 0 Å². The molecule has 3 fully saturated rings. The van der Waals surface area contributed by atoms with Crippen LogP contribution in [0.3, 0.4) is 0 Å². The molecule has 1 heterocycles. The Balaban J connectivity index is 1.53. The fourth-order valence-corrected chi connectivity index (χ4v) is 10.5. The minimum Gasteiger partial charge on any atom is -0.393 e. The zero-order valence-corrected chi connectivity index (χ0v) is 24.4. The first kappa shape index (κ1) is 26.1. The maximum atomic E-state index is 11.9. The average Bonchev–Trinajstić information content (AvgIpc) is 3.16. The van der Waals surface area contributed by atoms with Gasteiger partial charge in [-0.1, -0.05) is 57.9 Å². The van der Waals surface area contributed by atoms with E-state index in [-0.39, 0.29) is 27.8 Å². The maximum Gasteiger partial charge on any atom is 0.125 e. The Morgan fingerprint density at radius 3 is 2.39 bits per heavy atom. The van der Waals surface area contributed by atoms with Crippen molar-refractivity contribution in [2.24, 2.45) is 39.9 Å². The lowest BCUT2D eigenvalue weighted by Crippen LogP contribution is -2.66. The van der Waals surface area contributed by atoms with Gasteiger partial charge in [0.05, 0.1) is 11.8 Å². The van der Waals surface area contributed by atoms with Crippen LogP contribution in [0.25, 0.3) is 0 Å². The summed E-state index contributed by atoms with van der Waals surface area (Å²) in [6.45, 7) is 21.3. The molecule has 0 radical (unpaired) electrons. The van der Waals surface area contributed by atoms with Gasteiger partial charge in [0.1, 0.15) is 5.82 Å². The maximum absolute atomic E-state index is 11.9. The number of fused-ring (bicyclic) bond motifs is 6. The zero-order valence-electron chi connectivity index (χ0n) is 24.4. The number of allylic oxidation sites excluding steroid dienone is 4. The van der Waals surface area contributed by atoms with Crippen molar-refractivity contribution in [1.82, 2.24) is 9.97 Å². The number of aromatic nitrogens is 2. The quantitative estimate of drug-likeness (QED) is 0.440. The molecule has 3 nitrogen and oxygen atoms in total. The number of hydrogen-bond donors (Lipinski definition) is 1. The van der Waals surface area contributed by atoms with E-state index in [1.54, 1.807) is 0 Å². The highest BCUT2D eigenvalue weighted by Gasteiger charge is 2.70. The molecular weight excluding hydrogens is 440 g/mol. The molecule has 0 saturated heterocycles. The molecule has 4 aliphatic rings. The molecule has 4 aliphatic carbocycles. The van der Waals surface area contributed by atoms with Crippen molar-refractivity contribution in [2.45, 2.75) is 119 Å². The Bertz CT molecular complexity index is 1100. The standard InChI is InChI=1S/C33H50N2O/c1-20(2)11-10-12-21(3)24-13-15-33(9)28(24)25(36)17-27-31(7)18-23-19-34-22(4)35-29(23)30(5,6)26(31)14-16-32(27,33)8/h11-12,19,24-28,36H,10,13-18H2,1-9H3/b21-12+/t24-,25-,26+,27-,28+,31+,32-,33-/m1/s1. The van der Waals surface area contributed by atoms with E-state index >= 15 is 0 Å². The van der Waals surface area contributed by atoms with E-state index < -0.39 is 0 Å². The largest absolute Gasteiger partial charge is 0.393 e. The molecule has 1 aromatic rings. The molecule has 0 aromatic carbocycles. The lowest BCUT2D eigenvalue weighted by molar-refractivity contribution is -0.213. The second-order valence-corrected chi connectivity index (χ2v) is 14.6. The molecule has 0 spiro atoms. The third kappa shape index (κ3) is 3.54. The molecule has 1 aromatic heterocycles. The first-order chi connectivity index (χ1) is 16.8. The number of hydrogen-bond acceptors (Lipinski definition) is 3. The Kier molecular flexibility index (Phi) is 6.18. The van der Waals surface area contributed by atoms with Gasteiger partial charge in [-0.25, -0.2) is 9.97 Å². The molecule has 8 atom stereocenters. The van der Waals surface area contributed by atoms with Crippen molar-refractivity contribution in [1.29, 1.82) is 0 Å². The van der Waals surface area contributed by atoms with Gasteiger partial charge in [0, 0.05) is 11.6 Å². The van der Waals surface area contributed by atoms with E-state index in [9.17, 15) is 5.11 Å². The van der Waals surface area contributed by atoms with Crippen LogP contribution in [0, 0.1) is 46.8 Å². The van der Waals surface area contributed by atoms with Gasteiger partial charge in [-0.15, -0.1) is 0 Å². The molecule has 0 aliphatic heterocycles. The van der Waals surface area contributed by atoms with E-state index in [0.29, 0.717) is 23.7 Å². The summed E-state index contributed by atoms with van der Waals surface area (Å²) in [4.78, 5) is 9.61. The molecule has 0 amide bonds. The molecule has 3 heteroatoms. The predicted molar refractivity (Wildman–Crippen MR) is 149 cm³/mol. The number of aliphatic hydroxyl groups is 1. The average molecular weight is 491 g/mol. The van der Waals surface area contributed by atoms with Crippen LogP contribution in [0.1, 0.15) is 111 Å². The molecule has 0 unspecified atom stereocenters. The van der Waals surface area contributed by atoms with Crippen LogP contribution in [0.4, 0.5) is 0 Å². The van der Waals surface area contributed by atoms with Crippen molar-refractivity contribution >= 4 is 0 Å². The summed E-state index contributed by atoms with van der Waals surface area (Å²) in [6.07, 6.45) is 14.7. The Hall–Kier alpha value is -1.48. The van der Waals surface area contributed by atoms with Crippen LogP contribution in [0.5, 0.6) is 0 Å². The Morgan fingerprint density at radius 1 is 1.00 bits per heavy atom. The van der Waals surface area contributed by atoms with Gasteiger partial charge in [0.15, 0.2) is 0 Å². The first-order valence-corrected chi connectivity index (χ1v) is 14.6. The highest BCUT2D eigenvalue weighted by molar-refractivity contribution is 5.35. The second-order valence-electron chi connectivity index (χ2n) is 14.6. The smallest absolute Gasteiger partial charge is 0.125 e. The highest BCUT2D eigenvalue weighted by atomic mass is 16.3. The third-order valence-electron chi connectivity index (χ3n) is 12.2. The number of rotatable bonds is 3. The van der Waals surface area contributed by atoms with E-state index in [1.807, 2.05) is 6.92 Å². The van der Waals surface area contributed by atoms with E-state index in [4.69, 9.17) is 4.98 Å². The normalized spacial score (nSPS) is 43.2. The molecule has 0 bridgehead atoms. The number of nitrogens with zero attached hydrogens (tertiary/aromatic N) is 2. The third-order valence-corrected chi connectivity index (χ3v) is 12.2. The molecule has 36 heavy (non-hydrogen) atoms. The topological polar surface area (TPSA) is 46.0 Å². The lowest BCUT2D eigenvalue weighted by atomic mass is 9.35. The van der Waals surface area contributed by atoms with E-state index in [0.717, 1.165) is 25.1 Å². The van der Waals surface area contributed by atoms with Gasteiger partial charge in [-0.3, -0.25) is 0 Å². The van der Waals surface area contributed by atoms with Gasteiger partial charge >= 0.3 is 0 Å². The van der Waals surface area contributed by atoms with Crippen molar-refractivity contribution in [3.05, 3.63) is 46.6 Å². The summed E-state index contributed by atoms with van der Waals surface area (Å²) in [5.41, 5.74) is 6.11. The number of aliphatic hydroxyl groups excluding tert-OH is 1. The summed E-state index contributed by atoms with van der Waals surface area (Å²) in [6, 6.07) is 0. The summed E-state index contributed by atoms with van der Waals surface area (Å²) >= 11 is 0. The summed E-state index contributed by atoms with van der Waals surface area (Å²) in [7, 11) is 0.